The van der Waals surface area contributed by atoms with Crippen LogP contribution in [0.5, 0.6) is 0 Å². The van der Waals surface area contributed by atoms with Crippen molar-refractivity contribution in [2.45, 2.75) is 102 Å². The number of ether oxygens (including phenoxy) is 3. The number of aliphatic hydroxyl groups is 4. The van der Waals surface area contributed by atoms with Crippen LogP contribution >= 0.6 is 0 Å². The van der Waals surface area contributed by atoms with Crippen molar-refractivity contribution in [2.75, 3.05) is 46.2 Å². The predicted octanol–water partition coefficient (Wildman–Crippen LogP) is 1.90. The minimum Gasteiger partial charge on any atom is -0.394 e. The first kappa shape index (κ1) is 33.1. The molecular formula is C24H48O10. The number of carbonyl (C=O) groups excluding carboxylic acids is 1. The van der Waals surface area contributed by atoms with Crippen molar-refractivity contribution in [3.05, 3.63) is 0 Å². The van der Waals surface area contributed by atoms with Gasteiger partial charge in [-0.1, -0.05) is 58.3 Å². The van der Waals surface area contributed by atoms with Gasteiger partial charge >= 0.3 is 5.97 Å². The maximum atomic E-state index is 11.9. The lowest BCUT2D eigenvalue weighted by molar-refractivity contribution is -0.293. The summed E-state index contributed by atoms with van der Waals surface area (Å²) in [6.07, 6.45) is 6.72. The summed E-state index contributed by atoms with van der Waals surface area (Å²) in [5.41, 5.74) is 0. The standard InChI is InChI=1S/C24H48O10/c1-3-4-5-6-7-8-9-10-11-12-22(28)34-33-19-21(31-17-14-26)23(29)24(32-18-15-27)20(2)30-16-13-25/h20-21,23-27,29H,3-19H2,1-2H3. The second-order valence-electron chi connectivity index (χ2n) is 8.30. The van der Waals surface area contributed by atoms with Gasteiger partial charge in [-0.25, -0.2) is 4.79 Å². The average Bonchev–Trinajstić information content (AvgIpc) is 2.83. The molecule has 4 N–H and O–H groups in total. The number of hydrogen-bond acceptors (Lipinski definition) is 10. The van der Waals surface area contributed by atoms with Crippen LogP contribution in [0.2, 0.25) is 0 Å². The largest absolute Gasteiger partial charge is 0.394 e. The second kappa shape index (κ2) is 23.9. The summed E-state index contributed by atoms with van der Waals surface area (Å²) in [6, 6.07) is 0. The Morgan fingerprint density at radius 1 is 0.765 bits per heavy atom. The van der Waals surface area contributed by atoms with Gasteiger partial charge in [0.05, 0.1) is 45.7 Å². The number of carbonyl (C=O) groups is 1. The topological polar surface area (TPSA) is 144 Å². The van der Waals surface area contributed by atoms with Gasteiger partial charge in [0.2, 0.25) is 0 Å². The molecule has 0 aliphatic carbocycles. The Morgan fingerprint density at radius 2 is 1.29 bits per heavy atom. The highest BCUT2D eigenvalue weighted by Crippen LogP contribution is 2.16. The van der Waals surface area contributed by atoms with Crippen LogP contribution in [-0.2, 0) is 28.8 Å². The molecule has 0 saturated carbocycles. The van der Waals surface area contributed by atoms with Crippen LogP contribution in [0, 0.1) is 0 Å². The van der Waals surface area contributed by atoms with Crippen molar-refractivity contribution in [1.29, 1.82) is 0 Å². The van der Waals surface area contributed by atoms with Gasteiger partial charge in [0, 0.05) is 6.42 Å². The van der Waals surface area contributed by atoms with Crippen LogP contribution in [0.25, 0.3) is 0 Å². The van der Waals surface area contributed by atoms with E-state index in [9.17, 15) is 9.90 Å². The van der Waals surface area contributed by atoms with E-state index < -0.39 is 30.4 Å². The summed E-state index contributed by atoms with van der Waals surface area (Å²) >= 11 is 0. The maximum Gasteiger partial charge on any atom is 0.342 e. The van der Waals surface area contributed by atoms with E-state index in [1.54, 1.807) is 6.92 Å². The molecule has 0 radical (unpaired) electrons. The summed E-state index contributed by atoms with van der Waals surface area (Å²) in [5.74, 6) is -0.494. The highest BCUT2D eigenvalue weighted by atomic mass is 17.2. The van der Waals surface area contributed by atoms with Crippen LogP contribution in [0.1, 0.15) is 78.1 Å². The van der Waals surface area contributed by atoms with Crippen LogP contribution in [0.4, 0.5) is 0 Å². The predicted molar refractivity (Wildman–Crippen MR) is 126 cm³/mol. The number of aliphatic hydroxyl groups excluding tert-OH is 4. The molecular weight excluding hydrogens is 448 g/mol. The molecule has 0 aromatic carbocycles. The lowest BCUT2D eigenvalue weighted by atomic mass is 10.0. The molecule has 0 rings (SSSR count). The molecule has 204 valence electrons. The number of unbranched alkanes of at least 4 members (excludes halogenated alkanes) is 8. The Morgan fingerprint density at radius 3 is 1.88 bits per heavy atom. The molecule has 0 amide bonds. The molecule has 0 fully saturated rings. The quantitative estimate of drug-likeness (QED) is 0.0840. The Balaban J connectivity index is 4.40. The zero-order valence-corrected chi connectivity index (χ0v) is 21.1. The van der Waals surface area contributed by atoms with Crippen molar-refractivity contribution < 1.29 is 49.2 Å². The van der Waals surface area contributed by atoms with E-state index in [2.05, 4.69) is 6.92 Å². The number of rotatable bonds is 25. The smallest absolute Gasteiger partial charge is 0.342 e. The first-order chi connectivity index (χ1) is 16.5. The van der Waals surface area contributed by atoms with Gasteiger partial charge in [-0.15, -0.1) is 0 Å². The highest BCUT2D eigenvalue weighted by molar-refractivity contribution is 5.68. The van der Waals surface area contributed by atoms with Crippen LogP contribution < -0.4 is 0 Å². The van der Waals surface area contributed by atoms with Crippen LogP contribution in [0.3, 0.4) is 0 Å². The first-order valence-electron chi connectivity index (χ1n) is 12.7. The van der Waals surface area contributed by atoms with Gasteiger partial charge in [0.25, 0.3) is 0 Å². The second-order valence-corrected chi connectivity index (χ2v) is 8.30. The van der Waals surface area contributed by atoms with E-state index in [1.165, 1.54) is 38.5 Å². The molecule has 0 aromatic heterocycles. The molecule has 0 spiro atoms. The molecule has 0 heterocycles. The Bertz CT molecular complexity index is 451. The van der Waals surface area contributed by atoms with E-state index in [-0.39, 0.29) is 52.7 Å². The lowest BCUT2D eigenvalue weighted by Gasteiger charge is -2.32. The molecule has 0 bridgehead atoms. The van der Waals surface area contributed by atoms with Gasteiger partial charge in [-0.3, -0.25) is 4.89 Å². The summed E-state index contributed by atoms with van der Waals surface area (Å²) in [4.78, 5) is 21.8. The lowest BCUT2D eigenvalue weighted by Crippen LogP contribution is -2.49. The Kier molecular flexibility index (Phi) is 23.3. The fraction of sp³-hybridized carbons (Fsp3) is 0.958. The molecule has 0 saturated heterocycles. The van der Waals surface area contributed by atoms with E-state index in [0.717, 1.165) is 19.3 Å². The minimum atomic E-state index is -1.28. The number of hydrogen-bond donors (Lipinski definition) is 4. The van der Waals surface area contributed by atoms with Gasteiger partial charge in [0.1, 0.15) is 24.9 Å². The van der Waals surface area contributed by atoms with Crippen molar-refractivity contribution in [3.63, 3.8) is 0 Å². The molecule has 4 unspecified atom stereocenters. The third-order valence-electron chi connectivity index (χ3n) is 5.35. The van der Waals surface area contributed by atoms with E-state index in [4.69, 9.17) is 39.3 Å². The zero-order valence-electron chi connectivity index (χ0n) is 21.1. The minimum absolute atomic E-state index is 0.0437. The first-order valence-corrected chi connectivity index (χ1v) is 12.7. The molecule has 10 heteroatoms. The zero-order chi connectivity index (χ0) is 25.4. The molecule has 0 aliphatic rings. The molecule has 34 heavy (non-hydrogen) atoms. The third-order valence-corrected chi connectivity index (χ3v) is 5.35. The van der Waals surface area contributed by atoms with Crippen LogP contribution in [-0.4, -0.2) is 97.1 Å². The van der Waals surface area contributed by atoms with Gasteiger partial charge in [0.15, 0.2) is 0 Å². The Labute approximate surface area is 204 Å². The van der Waals surface area contributed by atoms with Gasteiger partial charge in [-0.05, 0) is 13.3 Å². The molecule has 10 nitrogen and oxygen atoms in total. The van der Waals surface area contributed by atoms with Crippen molar-refractivity contribution in [2.24, 2.45) is 0 Å². The SMILES string of the molecule is CCCCCCCCCCCC(=O)OOCC(OCCO)C(O)C(OCCO)C(C)OCCO. The fourth-order valence-electron chi connectivity index (χ4n) is 3.48. The highest BCUT2D eigenvalue weighted by Gasteiger charge is 2.34. The van der Waals surface area contributed by atoms with Crippen LogP contribution in [0.15, 0.2) is 0 Å². The third kappa shape index (κ3) is 17.6. The summed E-state index contributed by atoms with van der Waals surface area (Å²) in [5, 5.41) is 37.9. The van der Waals surface area contributed by atoms with E-state index >= 15 is 0 Å². The summed E-state index contributed by atoms with van der Waals surface area (Å²) in [7, 11) is 0. The van der Waals surface area contributed by atoms with Gasteiger partial charge in [-0.2, -0.15) is 4.89 Å². The monoisotopic (exact) mass is 496 g/mol. The van der Waals surface area contributed by atoms with Crippen molar-refractivity contribution >= 4 is 5.97 Å². The van der Waals surface area contributed by atoms with Gasteiger partial charge < -0.3 is 34.6 Å². The normalized spacial score (nSPS) is 15.1. The Hall–Kier alpha value is -0.850. The fourth-order valence-corrected chi connectivity index (χ4v) is 3.48. The van der Waals surface area contributed by atoms with E-state index in [0.29, 0.717) is 0 Å². The molecule has 0 aliphatic heterocycles. The molecule has 0 aromatic rings. The summed E-state index contributed by atoms with van der Waals surface area (Å²) in [6.45, 7) is 2.76. The average molecular weight is 497 g/mol. The summed E-state index contributed by atoms with van der Waals surface area (Å²) < 4.78 is 16.4. The van der Waals surface area contributed by atoms with Crippen molar-refractivity contribution in [3.8, 4) is 0 Å². The van der Waals surface area contributed by atoms with E-state index in [1.807, 2.05) is 0 Å². The van der Waals surface area contributed by atoms with Crippen molar-refractivity contribution in [1.82, 2.24) is 0 Å². The maximum absolute atomic E-state index is 11.9. The molecule has 4 atom stereocenters.